The Labute approximate surface area is 97.9 Å². The number of halogens is 1. The number of ether oxygens (including phenoxy) is 1. The van der Waals surface area contributed by atoms with Crippen LogP contribution in [-0.4, -0.2) is 19.1 Å². The van der Waals surface area contributed by atoms with Gasteiger partial charge < -0.3 is 10.1 Å². The number of rotatable bonds is 4. The van der Waals surface area contributed by atoms with E-state index in [0.29, 0.717) is 6.61 Å². The van der Waals surface area contributed by atoms with Crippen LogP contribution in [0.15, 0.2) is 22.7 Å². The highest BCUT2D eigenvalue weighted by molar-refractivity contribution is 9.10. The second kappa shape index (κ2) is 5.88. The molecule has 0 radical (unpaired) electrons. The van der Waals surface area contributed by atoms with E-state index >= 15 is 0 Å². The van der Waals surface area contributed by atoms with Crippen molar-refractivity contribution in [2.24, 2.45) is 0 Å². The van der Waals surface area contributed by atoms with Gasteiger partial charge >= 0.3 is 0 Å². The van der Waals surface area contributed by atoms with Crippen LogP contribution in [0.5, 0.6) is 0 Å². The fraction of sp³-hybridized carbons (Fsp3) is 0.364. The molecule has 1 aromatic carbocycles. The Morgan fingerprint density at radius 2 is 2.27 bits per heavy atom. The van der Waals surface area contributed by atoms with Gasteiger partial charge in [-0.15, -0.1) is 0 Å². The van der Waals surface area contributed by atoms with Crippen molar-refractivity contribution >= 4 is 27.5 Å². The van der Waals surface area contributed by atoms with Gasteiger partial charge in [0.1, 0.15) is 6.61 Å². The van der Waals surface area contributed by atoms with Gasteiger partial charge in [-0.05, 0) is 31.5 Å². The molecule has 0 saturated heterocycles. The second-order valence-corrected chi connectivity index (χ2v) is 3.95. The molecule has 4 heteroatoms. The molecule has 0 heterocycles. The van der Waals surface area contributed by atoms with Gasteiger partial charge in [0.2, 0.25) is 5.91 Å². The van der Waals surface area contributed by atoms with Gasteiger partial charge in [-0.1, -0.05) is 22.0 Å². The average Bonchev–Trinajstić information content (AvgIpc) is 2.22. The van der Waals surface area contributed by atoms with E-state index in [0.717, 1.165) is 15.7 Å². The Bertz CT molecular complexity index is 352. The molecule has 3 nitrogen and oxygen atoms in total. The summed E-state index contributed by atoms with van der Waals surface area (Å²) in [6.45, 7) is 4.45. The van der Waals surface area contributed by atoms with Crippen molar-refractivity contribution in [1.29, 1.82) is 0 Å². The lowest BCUT2D eigenvalue weighted by atomic mass is 10.2. The molecule has 0 unspecified atom stereocenters. The maximum absolute atomic E-state index is 11.4. The van der Waals surface area contributed by atoms with Gasteiger partial charge in [-0.25, -0.2) is 0 Å². The largest absolute Gasteiger partial charge is 0.372 e. The number of nitrogens with one attached hydrogen (secondary N) is 1. The highest BCUT2D eigenvalue weighted by Gasteiger charge is 2.05. The Balaban J connectivity index is 2.64. The highest BCUT2D eigenvalue weighted by atomic mass is 79.9. The first-order chi connectivity index (χ1) is 7.15. The van der Waals surface area contributed by atoms with E-state index in [1.54, 1.807) is 0 Å². The summed E-state index contributed by atoms with van der Waals surface area (Å²) < 4.78 is 6.00. The summed E-state index contributed by atoms with van der Waals surface area (Å²) in [6, 6.07) is 5.69. The summed E-state index contributed by atoms with van der Waals surface area (Å²) in [5.41, 5.74) is 1.83. The van der Waals surface area contributed by atoms with E-state index in [9.17, 15) is 4.79 Å². The number of hydrogen-bond donors (Lipinski definition) is 1. The van der Waals surface area contributed by atoms with Gasteiger partial charge in [0, 0.05) is 16.8 Å². The molecule has 1 amide bonds. The molecule has 82 valence electrons. The lowest BCUT2D eigenvalue weighted by Gasteiger charge is -2.09. The first kappa shape index (κ1) is 12.2. The molecule has 0 aliphatic heterocycles. The number of carbonyl (C=O) groups is 1. The number of amides is 1. The van der Waals surface area contributed by atoms with Crippen LogP contribution in [0.4, 0.5) is 5.69 Å². The van der Waals surface area contributed by atoms with Crippen molar-refractivity contribution in [3.8, 4) is 0 Å². The molecule has 0 spiro atoms. The Morgan fingerprint density at radius 3 is 2.93 bits per heavy atom. The van der Waals surface area contributed by atoms with Crippen molar-refractivity contribution < 1.29 is 9.53 Å². The molecule has 1 aromatic rings. The van der Waals surface area contributed by atoms with Crippen LogP contribution in [0.1, 0.15) is 12.5 Å². The van der Waals surface area contributed by atoms with Crippen LogP contribution in [-0.2, 0) is 9.53 Å². The summed E-state index contributed by atoms with van der Waals surface area (Å²) in [6.07, 6.45) is 0. The zero-order chi connectivity index (χ0) is 11.3. The molecule has 0 saturated carbocycles. The standard InChI is InChI=1S/C11H14BrNO2/c1-3-15-7-11(14)13-10-6-4-5-9(12)8(10)2/h4-6H,3,7H2,1-2H3,(H,13,14). The van der Waals surface area contributed by atoms with Crippen LogP contribution < -0.4 is 5.32 Å². The fourth-order valence-electron chi connectivity index (χ4n) is 1.12. The monoisotopic (exact) mass is 271 g/mol. The van der Waals surface area contributed by atoms with Crippen molar-refractivity contribution in [3.05, 3.63) is 28.2 Å². The molecular formula is C11H14BrNO2. The minimum Gasteiger partial charge on any atom is -0.372 e. The average molecular weight is 272 g/mol. The molecule has 1 rings (SSSR count). The molecule has 0 aliphatic carbocycles. The van der Waals surface area contributed by atoms with E-state index in [1.807, 2.05) is 32.0 Å². The van der Waals surface area contributed by atoms with Gasteiger partial charge in [-0.2, -0.15) is 0 Å². The Morgan fingerprint density at radius 1 is 1.53 bits per heavy atom. The van der Waals surface area contributed by atoms with Crippen LogP contribution in [0.25, 0.3) is 0 Å². The minimum atomic E-state index is -0.127. The summed E-state index contributed by atoms with van der Waals surface area (Å²) in [7, 11) is 0. The third-order valence-corrected chi connectivity index (χ3v) is 2.84. The molecule has 1 N–H and O–H groups in total. The number of hydrogen-bond acceptors (Lipinski definition) is 2. The normalized spacial score (nSPS) is 10.1. The van der Waals surface area contributed by atoms with E-state index in [4.69, 9.17) is 4.74 Å². The van der Waals surface area contributed by atoms with Crippen LogP contribution in [0.3, 0.4) is 0 Å². The van der Waals surface area contributed by atoms with E-state index in [1.165, 1.54) is 0 Å². The summed E-state index contributed by atoms with van der Waals surface area (Å²) >= 11 is 3.41. The first-order valence-corrected chi connectivity index (χ1v) is 5.57. The minimum absolute atomic E-state index is 0.0997. The topological polar surface area (TPSA) is 38.3 Å². The maximum atomic E-state index is 11.4. The van der Waals surface area contributed by atoms with Gasteiger partial charge in [0.05, 0.1) is 0 Å². The van der Waals surface area contributed by atoms with Crippen LogP contribution in [0.2, 0.25) is 0 Å². The first-order valence-electron chi connectivity index (χ1n) is 4.78. The molecule has 0 atom stereocenters. The summed E-state index contributed by atoms with van der Waals surface area (Å²) in [4.78, 5) is 11.4. The van der Waals surface area contributed by atoms with Crippen molar-refractivity contribution in [1.82, 2.24) is 0 Å². The smallest absolute Gasteiger partial charge is 0.250 e. The summed E-state index contributed by atoms with van der Waals surface area (Å²) in [5, 5.41) is 2.79. The number of benzene rings is 1. The van der Waals surface area contributed by atoms with Crippen molar-refractivity contribution in [2.45, 2.75) is 13.8 Å². The van der Waals surface area contributed by atoms with Crippen LogP contribution in [0, 0.1) is 6.92 Å². The van der Waals surface area contributed by atoms with Crippen LogP contribution >= 0.6 is 15.9 Å². The van der Waals surface area contributed by atoms with E-state index < -0.39 is 0 Å². The second-order valence-electron chi connectivity index (χ2n) is 3.10. The van der Waals surface area contributed by atoms with Gasteiger partial charge in [0.15, 0.2) is 0 Å². The quantitative estimate of drug-likeness (QED) is 0.915. The molecule has 0 aliphatic rings. The Hall–Kier alpha value is -0.870. The maximum Gasteiger partial charge on any atom is 0.250 e. The van der Waals surface area contributed by atoms with E-state index in [-0.39, 0.29) is 12.5 Å². The fourth-order valence-corrected chi connectivity index (χ4v) is 1.49. The molecule has 0 bridgehead atoms. The predicted octanol–water partition coefficient (Wildman–Crippen LogP) is 2.73. The van der Waals surface area contributed by atoms with Crippen molar-refractivity contribution in [2.75, 3.05) is 18.5 Å². The zero-order valence-corrected chi connectivity index (χ0v) is 10.4. The Kier molecular flexibility index (Phi) is 4.78. The van der Waals surface area contributed by atoms with Crippen molar-refractivity contribution in [3.63, 3.8) is 0 Å². The number of anilines is 1. The van der Waals surface area contributed by atoms with Gasteiger partial charge in [0.25, 0.3) is 0 Å². The molecular weight excluding hydrogens is 258 g/mol. The molecule has 0 aromatic heterocycles. The highest BCUT2D eigenvalue weighted by Crippen LogP contribution is 2.23. The lowest BCUT2D eigenvalue weighted by molar-refractivity contribution is -0.120. The van der Waals surface area contributed by atoms with E-state index in [2.05, 4.69) is 21.2 Å². The molecule has 0 fully saturated rings. The third-order valence-electron chi connectivity index (χ3n) is 1.98. The predicted molar refractivity (Wildman–Crippen MR) is 64.0 cm³/mol. The SMILES string of the molecule is CCOCC(=O)Nc1cccc(Br)c1C. The number of carbonyl (C=O) groups excluding carboxylic acids is 1. The summed E-state index contributed by atoms with van der Waals surface area (Å²) in [5.74, 6) is -0.127. The van der Waals surface area contributed by atoms with Gasteiger partial charge in [-0.3, -0.25) is 4.79 Å². The molecule has 15 heavy (non-hydrogen) atoms. The lowest BCUT2D eigenvalue weighted by Crippen LogP contribution is -2.18. The zero-order valence-electron chi connectivity index (χ0n) is 8.84. The third kappa shape index (κ3) is 3.64.